The summed E-state index contributed by atoms with van der Waals surface area (Å²) in [5, 5.41) is 5.22. The van der Waals surface area contributed by atoms with Crippen LogP contribution in [0, 0.1) is 0 Å². The number of amides is 2. The molecule has 1 atom stereocenters. The molecule has 0 aromatic carbocycles. The average molecular weight is 307 g/mol. The van der Waals surface area contributed by atoms with E-state index in [0.29, 0.717) is 26.2 Å². The molecule has 1 N–H and O–H groups in total. The highest BCUT2D eigenvalue weighted by atomic mass is 32.1. The van der Waals surface area contributed by atoms with Gasteiger partial charge in [0, 0.05) is 26.2 Å². The summed E-state index contributed by atoms with van der Waals surface area (Å²) in [6.07, 6.45) is 3.22. The number of piperazine rings is 1. The molecule has 0 bridgehead atoms. The van der Waals surface area contributed by atoms with E-state index in [2.05, 4.69) is 5.32 Å². The molecular weight excluding hydrogens is 286 g/mol. The van der Waals surface area contributed by atoms with Crippen LogP contribution in [-0.4, -0.2) is 60.4 Å². The number of hydrogen-bond donors (Lipinski definition) is 1. The van der Waals surface area contributed by atoms with Gasteiger partial charge in [0.1, 0.15) is 0 Å². The first-order chi connectivity index (χ1) is 10.3. The highest BCUT2D eigenvalue weighted by Crippen LogP contribution is 2.15. The smallest absolute Gasteiger partial charge is 0.264 e. The first-order valence-electron chi connectivity index (χ1n) is 7.60. The Bertz CT molecular complexity index is 489. The Balaban J connectivity index is 1.52. The summed E-state index contributed by atoms with van der Waals surface area (Å²) in [6, 6.07) is 3.74. The van der Waals surface area contributed by atoms with E-state index in [1.807, 2.05) is 27.3 Å². The van der Waals surface area contributed by atoms with Crippen LogP contribution in [0.3, 0.4) is 0 Å². The summed E-state index contributed by atoms with van der Waals surface area (Å²) in [4.78, 5) is 29.2. The maximum absolute atomic E-state index is 12.4. The predicted molar refractivity (Wildman–Crippen MR) is 82.4 cm³/mol. The van der Waals surface area contributed by atoms with Gasteiger partial charge >= 0.3 is 0 Å². The standard InChI is InChI=1S/C15H21N3O2S/c19-14(12-4-1-2-6-16-12)17-7-9-18(10-8-17)15(20)13-5-3-11-21-13/h3,5,11-12,16H,1-2,4,6-10H2. The van der Waals surface area contributed by atoms with Gasteiger partial charge in [-0.2, -0.15) is 0 Å². The van der Waals surface area contributed by atoms with Gasteiger partial charge in [-0.1, -0.05) is 12.5 Å². The number of nitrogens with zero attached hydrogens (tertiary/aromatic N) is 2. The van der Waals surface area contributed by atoms with Gasteiger partial charge in [0.25, 0.3) is 5.91 Å². The maximum atomic E-state index is 12.4. The van der Waals surface area contributed by atoms with Crippen LogP contribution in [0.5, 0.6) is 0 Å². The molecule has 114 valence electrons. The maximum Gasteiger partial charge on any atom is 0.264 e. The van der Waals surface area contributed by atoms with Crippen LogP contribution in [0.2, 0.25) is 0 Å². The van der Waals surface area contributed by atoms with Crippen molar-refractivity contribution in [1.29, 1.82) is 0 Å². The van der Waals surface area contributed by atoms with E-state index in [0.717, 1.165) is 30.7 Å². The van der Waals surface area contributed by atoms with Crippen molar-refractivity contribution in [3.8, 4) is 0 Å². The Morgan fingerprint density at radius 1 is 1.14 bits per heavy atom. The fourth-order valence-electron chi connectivity index (χ4n) is 2.97. The molecule has 1 unspecified atom stereocenters. The van der Waals surface area contributed by atoms with Crippen molar-refractivity contribution < 1.29 is 9.59 Å². The summed E-state index contributed by atoms with van der Waals surface area (Å²) < 4.78 is 0. The van der Waals surface area contributed by atoms with Gasteiger partial charge in [-0.15, -0.1) is 11.3 Å². The lowest BCUT2D eigenvalue weighted by Gasteiger charge is -2.37. The van der Waals surface area contributed by atoms with E-state index in [9.17, 15) is 9.59 Å². The number of rotatable bonds is 2. The van der Waals surface area contributed by atoms with Crippen molar-refractivity contribution in [2.24, 2.45) is 0 Å². The van der Waals surface area contributed by atoms with E-state index >= 15 is 0 Å². The SMILES string of the molecule is O=C(c1cccs1)N1CCN(C(=O)C2CCCCN2)CC1. The van der Waals surface area contributed by atoms with E-state index in [-0.39, 0.29) is 17.9 Å². The largest absolute Gasteiger partial charge is 0.338 e. The molecule has 0 saturated carbocycles. The first kappa shape index (κ1) is 14.5. The van der Waals surface area contributed by atoms with Crippen molar-refractivity contribution in [3.63, 3.8) is 0 Å². The summed E-state index contributed by atoms with van der Waals surface area (Å²) in [5.41, 5.74) is 0. The number of carbonyl (C=O) groups excluding carboxylic acids is 2. The average Bonchev–Trinajstić information content (AvgIpc) is 3.09. The van der Waals surface area contributed by atoms with E-state index in [4.69, 9.17) is 0 Å². The molecule has 2 aliphatic heterocycles. The van der Waals surface area contributed by atoms with Gasteiger partial charge < -0.3 is 15.1 Å². The highest BCUT2D eigenvalue weighted by molar-refractivity contribution is 7.12. The molecule has 0 radical (unpaired) electrons. The zero-order valence-electron chi connectivity index (χ0n) is 12.1. The molecule has 3 rings (SSSR count). The van der Waals surface area contributed by atoms with Crippen LogP contribution in [0.1, 0.15) is 28.9 Å². The number of piperidine rings is 1. The number of carbonyl (C=O) groups is 2. The Morgan fingerprint density at radius 3 is 2.52 bits per heavy atom. The Hall–Kier alpha value is -1.40. The van der Waals surface area contributed by atoms with Crippen molar-refractivity contribution in [3.05, 3.63) is 22.4 Å². The first-order valence-corrected chi connectivity index (χ1v) is 8.48. The molecule has 5 nitrogen and oxygen atoms in total. The Morgan fingerprint density at radius 2 is 1.90 bits per heavy atom. The second-order valence-electron chi connectivity index (χ2n) is 5.60. The predicted octanol–water partition coefficient (Wildman–Crippen LogP) is 1.17. The summed E-state index contributed by atoms with van der Waals surface area (Å²) in [7, 11) is 0. The van der Waals surface area contributed by atoms with Gasteiger partial charge in [-0.25, -0.2) is 0 Å². The van der Waals surface area contributed by atoms with E-state index in [1.54, 1.807) is 0 Å². The zero-order chi connectivity index (χ0) is 14.7. The molecule has 0 spiro atoms. The highest BCUT2D eigenvalue weighted by Gasteiger charge is 2.29. The molecular formula is C15H21N3O2S. The van der Waals surface area contributed by atoms with Crippen molar-refractivity contribution in [2.45, 2.75) is 25.3 Å². The monoisotopic (exact) mass is 307 g/mol. The van der Waals surface area contributed by atoms with Gasteiger partial charge in [0.05, 0.1) is 10.9 Å². The molecule has 1 aromatic rings. The Kier molecular flexibility index (Phi) is 4.55. The molecule has 6 heteroatoms. The molecule has 2 amide bonds. The van der Waals surface area contributed by atoms with Crippen LogP contribution in [0.4, 0.5) is 0 Å². The number of thiophene rings is 1. The summed E-state index contributed by atoms with van der Waals surface area (Å²) in [6.45, 7) is 3.50. The van der Waals surface area contributed by atoms with Crippen molar-refractivity contribution in [2.75, 3.05) is 32.7 Å². The van der Waals surface area contributed by atoms with Crippen LogP contribution < -0.4 is 5.32 Å². The molecule has 2 fully saturated rings. The lowest BCUT2D eigenvalue weighted by molar-refractivity contribution is -0.135. The molecule has 3 heterocycles. The van der Waals surface area contributed by atoms with Crippen LogP contribution in [0.15, 0.2) is 17.5 Å². The minimum atomic E-state index is -0.0155. The quantitative estimate of drug-likeness (QED) is 0.892. The van der Waals surface area contributed by atoms with E-state index in [1.165, 1.54) is 11.3 Å². The molecule has 1 aromatic heterocycles. The number of hydrogen-bond acceptors (Lipinski definition) is 4. The van der Waals surface area contributed by atoms with Gasteiger partial charge in [-0.3, -0.25) is 9.59 Å². The van der Waals surface area contributed by atoms with Crippen molar-refractivity contribution >= 4 is 23.2 Å². The molecule has 2 aliphatic rings. The summed E-state index contributed by atoms with van der Waals surface area (Å²) >= 11 is 1.47. The van der Waals surface area contributed by atoms with Crippen LogP contribution >= 0.6 is 11.3 Å². The lowest BCUT2D eigenvalue weighted by atomic mass is 10.0. The molecule has 21 heavy (non-hydrogen) atoms. The van der Waals surface area contributed by atoms with Crippen molar-refractivity contribution in [1.82, 2.24) is 15.1 Å². The summed E-state index contributed by atoms with van der Waals surface area (Å²) in [5.74, 6) is 0.297. The topological polar surface area (TPSA) is 52.7 Å². The van der Waals surface area contributed by atoms with E-state index < -0.39 is 0 Å². The van der Waals surface area contributed by atoms with Crippen LogP contribution in [0.25, 0.3) is 0 Å². The third-order valence-electron chi connectivity index (χ3n) is 4.22. The third kappa shape index (κ3) is 3.27. The molecule has 0 aliphatic carbocycles. The second kappa shape index (κ2) is 6.58. The minimum Gasteiger partial charge on any atom is -0.338 e. The fourth-order valence-corrected chi connectivity index (χ4v) is 3.66. The second-order valence-corrected chi connectivity index (χ2v) is 6.54. The fraction of sp³-hybridized carbons (Fsp3) is 0.600. The molecule has 2 saturated heterocycles. The van der Waals surface area contributed by atoms with Gasteiger partial charge in [0.15, 0.2) is 0 Å². The normalized spacial score (nSPS) is 23.1. The van der Waals surface area contributed by atoms with Gasteiger partial charge in [-0.05, 0) is 30.8 Å². The third-order valence-corrected chi connectivity index (χ3v) is 5.08. The minimum absolute atomic E-state index is 0.0155. The lowest BCUT2D eigenvalue weighted by Crippen LogP contribution is -2.55. The zero-order valence-corrected chi connectivity index (χ0v) is 12.9. The Labute approximate surface area is 128 Å². The number of nitrogens with one attached hydrogen (secondary N) is 1. The van der Waals surface area contributed by atoms with Crippen LogP contribution in [-0.2, 0) is 4.79 Å². The van der Waals surface area contributed by atoms with Gasteiger partial charge in [0.2, 0.25) is 5.91 Å².